The van der Waals surface area contributed by atoms with Crippen LogP contribution in [0.3, 0.4) is 0 Å². The van der Waals surface area contributed by atoms with Gasteiger partial charge in [0.05, 0.1) is 28.8 Å². The smallest absolute Gasteiger partial charge is 0.258 e. The van der Waals surface area contributed by atoms with Crippen molar-refractivity contribution in [3.63, 3.8) is 0 Å². The Kier molecular flexibility index (Phi) is 5.80. The Morgan fingerprint density at radius 2 is 2.03 bits per heavy atom. The van der Waals surface area contributed by atoms with Crippen LogP contribution in [0.2, 0.25) is 0 Å². The van der Waals surface area contributed by atoms with E-state index < -0.39 is 5.60 Å². The standard InChI is InChI=1S/C25H28FN5O2/c1-14-7-6-8-18(26)22(14)19-12-17-20(13-27-19)29-24(32)23(17)16(3)28-21-11-15(2)31(30-21)10-9-25(4,5)33/h6-8,11-13,33H,9-10H2,1-5H3,(H,28,30)(H,29,32). The van der Waals surface area contributed by atoms with E-state index in [1.165, 1.54) is 6.07 Å². The van der Waals surface area contributed by atoms with E-state index in [2.05, 4.69) is 20.7 Å². The van der Waals surface area contributed by atoms with Crippen LogP contribution in [0.15, 0.2) is 42.2 Å². The largest absolute Gasteiger partial charge is 0.390 e. The Hall–Kier alpha value is -3.52. The Balaban J connectivity index is 1.67. The molecule has 3 N–H and O–H groups in total. The molecular weight excluding hydrogens is 421 g/mol. The molecular formula is C25H28FN5O2. The number of aromatic nitrogens is 3. The summed E-state index contributed by atoms with van der Waals surface area (Å²) in [4.78, 5) is 17.1. The molecule has 1 aromatic carbocycles. The Morgan fingerprint density at radius 3 is 2.73 bits per heavy atom. The van der Waals surface area contributed by atoms with Gasteiger partial charge in [-0.15, -0.1) is 0 Å². The third-order valence-corrected chi connectivity index (χ3v) is 5.73. The molecule has 1 aliphatic rings. The van der Waals surface area contributed by atoms with Gasteiger partial charge in [-0.2, -0.15) is 5.10 Å². The number of pyridine rings is 1. The van der Waals surface area contributed by atoms with E-state index in [0.29, 0.717) is 52.6 Å². The summed E-state index contributed by atoms with van der Waals surface area (Å²) in [6.45, 7) is 9.69. The minimum absolute atomic E-state index is 0.252. The van der Waals surface area contributed by atoms with E-state index >= 15 is 0 Å². The summed E-state index contributed by atoms with van der Waals surface area (Å²) in [5.41, 5.74) is 4.16. The van der Waals surface area contributed by atoms with Gasteiger partial charge in [0.2, 0.25) is 0 Å². The van der Waals surface area contributed by atoms with Crippen LogP contribution in [0.4, 0.5) is 15.9 Å². The number of halogens is 1. The van der Waals surface area contributed by atoms with Crippen molar-refractivity contribution in [3.05, 3.63) is 64.9 Å². The number of benzene rings is 1. The number of allylic oxidation sites excluding steroid dienone is 1. The summed E-state index contributed by atoms with van der Waals surface area (Å²) < 4.78 is 16.3. The number of rotatable bonds is 6. The van der Waals surface area contributed by atoms with Gasteiger partial charge in [-0.1, -0.05) is 12.1 Å². The van der Waals surface area contributed by atoms with Gasteiger partial charge in [0.1, 0.15) is 5.82 Å². The lowest BCUT2D eigenvalue weighted by Gasteiger charge is -2.17. The zero-order valence-corrected chi connectivity index (χ0v) is 19.5. The molecule has 8 heteroatoms. The monoisotopic (exact) mass is 449 g/mol. The quantitative estimate of drug-likeness (QED) is 0.476. The first kappa shape index (κ1) is 22.7. The molecule has 7 nitrogen and oxygen atoms in total. The number of hydrogen-bond donors (Lipinski definition) is 3. The molecule has 1 amide bonds. The molecule has 3 aromatic rings. The van der Waals surface area contributed by atoms with Gasteiger partial charge < -0.3 is 15.7 Å². The molecule has 0 saturated heterocycles. The van der Waals surface area contributed by atoms with Crippen molar-refractivity contribution >= 4 is 23.0 Å². The molecule has 3 heterocycles. The molecule has 33 heavy (non-hydrogen) atoms. The van der Waals surface area contributed by atoms with Crippen LogP contribution in [0.25, 0.3) is 16.8 Å². The van der Waals surface area contributed by atoms with E-state index in [0.717, 1.165) is 11.3 Å². The average Bonchev–Trinajstić information content (AvgIpc) is 3.23. The van der Waals surface area contributed by atoms with Gasteiger partial charge in [0, 0.05) is 35.1 Å². The fourth-order valence-corrected chi connectivity index (χ4v) is 3.97. The molecule has 1 aliphatic heterocycles. The molecule has 0 aliphatic carbocycles. The Labute approximate surface area is 192 Å². The maximum atomic E-state index is 14.5. The van der Waals surface area contributed by atoms with Crippen LogP contribution in [-0.2, 0) is 11.3 Å². The molecule has 0 radical (unpaired) electrons. The van der Waals surface area contributed by atoms with Gasteiger partial charge in [-0.05, 0) is 58.7 Å². The predicted molar refractivity (Wildman–Crippen MR) is 127 cm³/mol. The van der Waals surface area contributed by atoms with Gasteiger partial charge in [-0.3, -0.25) is 14.5 Å². The number of anilines is 2. The second kappa shape index (κ2) is 8.44. The van der Waals surface area contributed by atoms with Crippen molar-refractivity contribution in [1.29, 1.82) is 0 Å². The van der Waals surface area contributed by atoms with Crippen LogP contribution >= 0.6 is 0 Å². The molecule has 0 atom stereocenters. The molecule has 4 rings (SSSR count). The lowest BCUT2D eigenvalue weighted by atomic mass is 10.00. The van der Waals surface area contributed by atoms with Crippen LogP contribution in [-0.4, -0.2) is 31.4 Å². The van der Waals surface area contributed by atoms with E-state index in [9.17, 15) is 14.3 Å². The van der Waals surface area contributed by atoms with Crippen molar-refractivity contribution in [3.8, 4) is 11.3 Å². The minimum Gasteiger partial charge on any atom is -0.390 e. The molecule has 0 bridgehead atoms. The summed E-state index contributed by atoms with van der Waals surface area (Å²) in [5, 5.41) is 20.6. The van der Waals surface area contributed by atoms with Crippen LogP contribution in [0.1, 0.15) is 44.0 Å². The normalized spacial score (nSPS) is 14.8. The van der Waals surface area contributed by atoms with E-state index in [-0.39, 0.29) is 11.7 Å². The number of nitrogens with one attached hydrogen (secondary N) is 2. The van der Waals surface area contributed by atoms with Crippen LogP contribution < -0.4 is 10.6 Å². The van der Waals surface area contributed by atoms with Crippen molar-refractivity contribution in [1.82, 2.24) is 14.8 Å². The number of carbonyl (C=O) groups excluding carboxylic acids is 1. The number of nitrogens with zero attached hydrogens (tertiary/aromatic N) is 3. The molecule has 0 unspecified atom stereocenters. The third kappa shape index (κ3) is 4.66. The third-order valence-electron chi connectivity index (χ3n) is 5.73. The van der Waals surface area contributed by atoms with Gasteiger partial charge in [0.15, 0.2) is 5.82 Å². The Bertz CT molecular complexity index is 1250. The zero-order chi connectivity index (χ0) is 23.9. The SMILES string of the molecule is CC(Nc1cc(C)n(CCC(C)(C)O)n1)=C1C(=O)Nc2cnc(-c3c(C)cccc3F)cc21. The topological polar surface area (TPSA) is 92.1 Å². The Morgan fingerprint density at radius 1 is 1.27 bits per heavy atom. The predicted octanol–water partition coefficient (Wildman–Crippen LogP) is 4.66. The first-order valence-corrected chi connectivity index (χ1v) is 10.9. The van der Waals surface area contributed by atoms with Crippen molar-refractivity contribution in [2.24, 2.45) is 0 Å². The van der Waals surface area contributed by atoms with Crippen LogP contribution in [0, 0.1) is 19.7 Å². The number of carbonyl (C=O) groups is 1. The summed E-state index contributed by atoms with van der Waals surface area (Å²) in [5.74, 6) is -0.00158. The van der Waals surface area contributed by atoms with Crippen molar-refractivity contribution < 1.29 is 14.3 Å². The van der Waals surface area contributed by atoms with Gasteiger partial charge in [0.25, 0.3) is 5.91 Å². The molecule has 0 spiro atoms. The van der Waals surface area contributed by atoms with E-state index in [1.54, 1.807) is 32.2 Å². The second-order valence-electron chi connectivity index (χ2n) is 9.08. The molecule has 2 aromatic heterocycles. The summed E-state index contributed by atoms with van der Waals surface area (Å²) in [6, 6.07) is 8.53. The van der Waals surface area contributed by atoms with Gasteiger partial charge >= 0.3 is 0 Å². The lowest BCUT2D eigenvalue weighted by molar-refractivity contribution is -0.110. The minimum atomic E-state index is -0.780. The second-order valence-corrected chi connectivity index (χ2v) is 9.08. The number of aryl methyl sites for hydroxylation is 3. The maximum absolute atomic E-state index is 14.5. The number of hydrogen-bond acceptors (Lipinski definition) is 5. The first-order chi connectivity index (χ1) is 15.5. The maximum Gasteiger partial charge on any atom is 0.258 e. The summed E-state index contributed by atoms with van der Waals surface area (Å²) in [6.07, 6.45) is 2.13. The molecule has 172 valence electrons. The fraction of sp³-hybridized carbons (Fsp3) is 0.320. The summed E-state index contributed by atoms with van der Waals surface area (Å²) >= 11 is 0. The van der Waals surface area contributed by atoms with Crippen LogP contribution in [0.5, 0.6) is 0 Å². The highest BCUT2D eigenvalue weighted by atomic mass is 19.1. The average molecular weight is 450 g/mol. The summed E-state index contributed by atoms with van der Waals surface area (Å²) in [7, 11) is 0. The number of aliphatic hydroxyl groups is 1. The molecule has 0 fully saturated rings. The zero-order valence-electron chi connectivity index (χ0n) is 19.5. The molecule has 0 saturated carbocycles. The van der Waals surface area contributed by atoms with E-state index in [4.69, 9.17) is 0 Å². The first-order valence-electron chi connectivity index (χ1n) is 10.9. The number of fused-ring (bicyclic) bond motifs is 1. The van der Waals surface area contributed by atoms with Crippen molar-refractivity contribution in [2.75, 3.05) is 10.6 Å². The highest BCUT2D eigenvalue weighted by molar-refractivity contribution is 6.32. The van der Waals surface area contributed by atoms with Gasteiger partial charge in [-0.25, -0.2) is 4.39 Å². The number of amides is 1. The highest BCUT2D eigenvalue weighted by Gasteiger charge is 2.28. The fourth-order valence-electron chi connectivity index (χ4n) is 3.97. The van der Waals surface area contributed by atoms with Crippen molar-refractivity contribution in [2.45, 2.75) is 53.2 Å². The highest BCUT2D eigenvalue weighted by Crippen LogP contribution is 2.37. The lowest BCUT2D eigenvalue weighted by Crippen LogP contribution is -2.21. The van der Waals surface area contributed by atoms with E-state index in [1.807, 2.05) is 37.6 Å².